The molecule has 1 heterocycles. The van der Waals surface area contributed by atoms with E-state index < -0.39 is 0 Å². The number of methoxy groups -OCH3 is 1. The molecule has 1 aromatic carbocycles. The van der Waals surface area contributed by atoms with Crippen molar-refractivity contribution < 1.29 is 9.53 Å². The Morgan fingerprint density at radius 2 is 2.16 bits per heavy atom. The summed E-state index contributed by atoms with van der Waals surface area (Å²) >= 11 is 11.8. The molecule has 5 nitrogen and oxygen atoms in total. The van der Waals surface area contributed by atoms with Gasteiger partial charge < -0.3 is 10.1 Å². The Labute approximate surface area is 120 Å². The highest BCUT2D eigenvalue weighted by Gasteiger charge is 2.15. The highest BCUT2D eigenvalue weighted by atomic mass is 35.5. The molecule has 0 aliphatic carbocycles. The van der Waals surface area contributed by atoms with E-state index in [4.69, 9.17) is 27.9 Å². The number of imidazole rings is 1. The van der Waals surface area contributed by atoms with Crippen LogP contribution in [0.2, 0.25) is 10.0 Å². The third kappa shape index (κ3) is 2.83. The zero-order valence-corrected chi connectivity index (χ0v) is 11.8. The Hall–Kier alpha value is -1.72. The molecule has 0 aliphatic heterocycles. The molecule has 0 atom stereocenters. The minimum Gasteiger partial charge on any atom is -0.468 e. The fourth-order valence-corrected chi connectivity index (χ4v) is 2.03. The topological polar surface area (TPSA) is 56.1 Å². The van der Waals surface area contributed by atoms with Crippen molar-refractivity contribution in [2.24, 2.45) is 7.05 Å². The lowest BCUT2D eigenvalue weighted by molar-refractivity contribution is 0.101. The smallest absolute Gasteiger partial charge is 0.296 e. The van der Waals surface area contributed by atoms with Gasteiger partial charge in [0.05, 0.1) is 24.0 Å². The number of ether oxygens (including phenoxy) is 1. The Balaban J connectivity index is 2.23. The molecule has 1 N–H and O–H groups in total. The van der Waals surface area contributed by atoms with Crippen LogP contribution in [0.15, 0.2) is 24.4 Å². The fraction of sp³-hybridized carbons (Fsp3) is 0.167. The van der Waals surface area contributed by atoms with Gasteiger partial charge >= 0.3 is 0 Å². The van der Waals surface area contributed by atoms with E-state index in [1.165, 1.54) is 13.3 Å². The van der Waals surface area contributed by atoms with Crippen LogP contribution in [0, 0.1) is 0 Å². The van der Waals surface area contributed by atoms with Gasteiger partial charge in [-0.1, -0.05) is 23.2 Å². The normalized spacial score (nSPS) is 10.3. The van der Waals surface area contributed by atoms with Crippen LogP contribution in [0.1, 0.15) is 10.5 Å². The number of anilines is 1. The molecule has 1 aromatic heterocycles. The lowest BCUT2D eigenvalue weighted by Gasteiger charge is -2.08. The number of benzene rings is 1. The highest BCUT2D eigenvalue weighted by Crippen LogP contribution is 2.26. The SMILES string of the molecule is COc1ncc(C(=O)Nc2ccc(Cl)cc2Cl)n1C. The number of hydrogen-bond donors (Lipinski definition) is 1. The van der Waals surface area contributed by atoms with E-state index in [0.29, 0.717) is 27.4 Å². The molecule has 0 saturated heterocycles. The molecule has 100 valence electrons. The lowest BCUT2D eigenvalue weighted by Crippen LogP contribution is -2.16. The molecule has 0 radical (unpaired) electrons. The van der Waals surface area contributed by atoms with Crippen molar-refractivity contribution in [1.82, 2.24) is 9.55 Å². The zero-order chi connectivity index (χ0) is 14.0. The van der Waals surface area contributed by atoms with E-state index in [0.717, 1.165) is 0 Å². The predicted octanol–water partition coefficient (Wildman–Crippen LogP) is 2.99. The van der Waals surface area contributed by atoms with E-state index in [1.54, 1.807) is 29.8 Å². The summed E-state index contributed by atoms with van der Waals surface area (Å²) in [6.07, 6.45) is 1.43. The summed E-state index contributed by atoms with van der Waals surface area (Å²) in [6, 6.07) is 5.19. The van der Waals surface area contributed by atoms with Crippen LogP contribution in [0.5, 0.6) is 6.01 Å². The number of rotatable bonds is 3. The number of aromatic nitrogens is 2. The second kappa shape index (κ2) is 5.50. The maximum atomic E-state index is 12.1. The minimum atomic E-state index is -0.331. The van der Waals surface area contributed by atoms with Crippen molar-refractivity contribution in [3.63, 3.8) is 0 Å². The van der Waals surface area contributed by atoms with E-state index in [2.05, 4.69) is 10.3 Å². The first-order valence-electron chi connectivity index (χ1n) is 5.35. The minimum absolute atomic E-state index is 0.331. The second-order valence-electron chi connectivity index (χ2n) is 3.77. The average molecular weight is 300 g/mol. The van der Waals surface area contributed by atoms with Crippen molar-refractivity contribution in [2.45, 2.75) is 0 Å². The van der Waals surface area contributed by atoms with E-state index in [9.17, 15) is 4.79 Å². The fourth-order valence-electron chi connectivity index (χ4n) is 1.57. The molecule has 7 heteroatoms. The van der Waals surface area contributed by atoms with Gasteiger partial charge in [0.1, 0.15) is 5.69 Å². The summed E-state index contributed by atoms with van der Waals surface area (Å²) in [5.74, 6) is -0.331. The highest BCUT2D eigenvalue weighted by molar-refractivity contribution is 6.36. The summed E-state index contributed by atoms with van der Waals surface area (Å²) < 4.78 is 6.53. The first kappa shape index (κ1) is 13.7. The third-order valence-electron chi connectivity index (χ3n) is 2.54. The van der Waals surface area contributed by atoms with Crippen LogP contribution in [-0.4, -0.2) is 22.6 Å². The number of carbonyl (C=O) groups is 1. The molecular weight excluding hydrogens is 289 g/mol. The van der Waals surface area contributed by atoms with Gasteiger partial charge in [-0.3, -0.25) is 9.36 Å². The number of nitrogens with one attached hydrogen (secondary N) is 1. The third-order valence-corrected chi connectivity index (χ3v) is 3.09. The molecule has 1 amide bonds. The Morgan fingerprint density at radius 1 is 1.42 bits per heavy atom. The van der Waals surface area contributed by atoms with Gasteiger partial charge in [-0.05, 0) is 18.2 Å². The van der Waals surface area contributed by atoms with Gasteiger partial charge in [-0.2, -0.15) is 0 Å². The number of nitrogens with zero attached hydrogens (tertiary/aromatic N) is 2. The van der Waals surface area contributed by atoms with Crippen LogP contribution in [0.3, 0.4) is 0 Å². The number of hydrogen-bond acceptors (Lipinski definition) is 3. The van der Waals surface area contributed by atoms with Gasteiger partial charge in [0, 0.05) is 12.1 Å². The molecule has 2 aromatic rings. The first-order valence-corrected chi connectivity index (χ1v) is 6.10. The van der Waals surface area contributed by atoms with Crippen molar-refractivity contribution in [3.05, 3.63) is 40.1 Å². The number of halogens is 2. The molecule has 0 aliphatic rings. The summed E-state index contributed by atoms with van der Waals surface area (Å²) in [6.45, 7) is 0. The van der Waals surface area contributed by atoms with Crippen molar-refractivity contribution in [3.8, 4) is 6.01 Å². The van der Waals surface area contributed by atoms with Crippen molar-refractivity contribution >= 4 is 34.8 Å². The van der Waals surface area contributed by atoms with Crippen LogP contribution in [0.25, 0.3) is 0 Å². The van der Waals surface area contributed by atoms with Gasteiger partial charge in [0.2, 0.25) is 0 Å². The number of carbonyl (C=O) groups excluding carboxylic acids is 1. The van der Waals surface area contributed by atoms with Crippen molar-refractivity contribution in [1.29, 1.82) is 0 Å². The molecule has 2 rings (SSSR count). The Bertz CT molecular complexity index is 625. The van der Waals surface area contributed by atoms with Gasteiger partial charge in [-0.15, -0.1) is 0 Å². The van der Waals surface area contributed by atoms with E-state index in [-0.39, 0.29) is 5.91 Å². The molecule has 0 bridgehead atoms. The Morgan fingerprint density at radius 3 is 2.74 bits per heavy atom. The molecule has 0 unspecified atom stereocenters. The quantitative estimate of drug-likeness (QED) is 0.948. The molecule has 19 heavy (non-hydrogen) atoms. The van der Waals surface area contributed by atoms with Gasteiger partial charge in [0.15, 0.2) is 0 Å². The van der Waals surface area contributed by atoms with E-state index >= 15 is 0 Å². The molecular formula is C12H11Cl2N3O2. The summed E-state index contributed by atoms with van der Waals surface area (Å²) in [4.78, 5) is 16.0. The zero-order valence-electron chi connectivity index (χ0n) is 10.3. The second-order valence-corrected chi connectivity index (χ2v) is 4.61. The van der Waals surface area contributed by atoms with Gasteiger partial charge in [0.25, 0.3) is 11.9 Å². The monoisotopic (exact) mass is 299 g/mol. The summed E-state index contributed by atoms with van der Waals surface area (Å²) in [5, 5.41) is 3.56. The van der Waals surface area contributed by atoms with Crippen LogP contribution < -0.4 is 10.1 Å². The number of amides is 1. The summed E-state index contributed by atoms with van der Waals surface area (Å²) in [7, 11) is 3.17. The average Bonchev–Trinajstić information content (AvgIpc) is 2.74. The molecule has 0 fully saturated rings. The van der Waals surface area contributed by atoms with Crippen LogP contribution >= 0.6 is 23.2 Å². The first-order chi connectivity index (χ1) is 9.02. The standard InChI is InChI=1S/C12H11Cl2N3O2/c1-17-10(6-15-12(17)19-2)11(18)16-9-4-3-7(13)5-8(9)14/h3-6H,1-2H3,(H,16,18). The summed E-state index contributed by atoms with van der Waals surface area (Å²) in [5.41, 5.74) is 0.846. The molecule has 0 saturated carbocycles. The maximum absolute atomic E-state index is 12.1. The van der Waals surface area contributed by atoms with Crippen molar-refractivity contribution in [2.75, 3.05) is 12.4 Å². The van der Waals surface area contributed by atoms with Gasteiger partial charge in [-0.25, -0.2) is 4.98 Å². The van der Waals surface area contributed by atoms with E-state index in [1.807, 2.05) is 0 Å². The van der Waals surface area contributed by atoms with Crippen LogP contribution in [0.4, 0.5) is 5.69 Å². The largest absolute Gasteiger partial charge is 0.468 e. The lowest BCUT2D eigenvalue weighted by atomic mass is 10.3. The molecule has 0 spiro atoms. The Kier molecular flexibility index (Phi) is 3.97. The maximum Gasteiger partial charge on any atom is 0.296 e. The van der Waals surface area contributed by atoms with Crippen LogP contribution in [-0.2, 0) is 7.05 Å². The predicted molar refractivity (Wildman–Crippen MR) is 74.2 cm³/mol.